The van der Waals surface area contributed by atoms with E-state index in [0.29, 0.717) is 16.9 Å². The zero-order valence-electron chi connectivity index (χ0n) is 11.1. The summed E-state index contributed by atoms with van der Waals surface area (Å²) in [6, 6.07) is 0. The van der Waals surface area contributed by atoms with Gasteiger partial charge in [-0.25, -0.2) is 4.68 Å². The molecule has 0 radical (unpaired) electrons. The molecule has 0 unspecified atom stereocenters. The summed E-state index contributed by atoms with van der Waals surface area (Å²) < 4.78 is 1.53. The summed E-state index contributed by atoms with van der Waals surface area (Å²) in [4.78, 5) is 14.9. The highest BCUT2D eigenvalue weighted by molar-refractivity contribution is 6.31. The highest BCUT2D eigenvalue weighted by atomic mass is 35.5. The molecule has 0 aromatic carbocycles. The van der Waals surface area contributed by atoms with Crippen molar-refractivity contribution in [2.24, 2.45) is 0 Å². The first-order chi connectivity index (χ1) is 9.63. The number of hydrogen-bond donors (Lipinski definition) is 0. The van der Waals surface area contributed by atoms with Crippen molar-refractivity contribution < 1.29 is 0 Å². The summed E-state index contributed by atoms with van der Waals surface area (Å²) in [5.41, 5.74) is 0.725. The van der Waals surface area contributed by atoms with Crippen molar-refractivity contribution in [3.05, 3.63) is 22.2 Å². The van der Waals surface area contributed by atoms with Crippen molar-refractivity contribution in [2.45, 2.75) is 26.2 Å². The van der Waals surface area contributed by atoms with E-state index >= 15 is 0 Å². The third-order valence-corrected chi connectivity index (χ3v) is 3.81. The molecule has 106 valence electrons. The summed E-state index contributed by atoms with van der Waals surface area (Å²) in [5.74, 6) is 0.990. The topological polar surface area (TPSA) is 59.7 Å². The van der Waals surface area contributed by atoms with Crippen LogP contribution >= 0.6 is 23.2 Å². The molecular formula is C12H14Cl2N6. The Morgan fingerprint density at radius 2 is 1.70 bits per heavy atom. The van der Waals surface area contributed by atoms with E-state index < -0.39 is 0 Å². The number of nitrogens with zero attached hydrogens (tertiary/aromatic N) is 6. The molecule has 1 saturated heterocycles. The van der Waals surface area contributed by atoms with E-state index in [9.17, 15) is 0 Å². The van der Waals surface area contributed by atoms with Crippen LogP contribution in [0.4, 0.5) is 5.95 Å². The molecule has 6 nitrogen and oxygen atoms in total. The number of hydrogen-bond acceptors (Lipinski definition) is 5. The highest BCUT2D eigenvalue weighted by Gasteiger charge is 2.17. The van der Waals surface area contributed by atoms with Crippen molar-refractivity contribution >= 4 is 29.2 Å². The maximum absolute atomic E-state index is 6.01. The summed E-state index contributed by atoms with van der Waals surface area (Å²) in [6.45, 7) is 3.71. The molecule has 1 aliphatic rings. The molecule has 0 N–H and O–H groups in total. The molecule has 2 aromatic rings. The van der Waals surface area contributed by atoms with Crippen molar-refractivity contribution in [1.29, 1.82) is 0 Å². The zero-order valence-corrected chi connectivity index (χ0v) is 12.6. The molecule has 3 heterocycles. The molecule has 1 aliphatic heterocycles. The van der Waals surface area contributed by atoms with Gasteiger partial charge in [0.05, 0.1) is 16.9 Å². The maximum atomic E-state index is 6.01. The minimum Gasteiger partial charge on any atom is -0.341 e. The fourth-order valence-corrected chi connectivity index (χ4v) is 2.49. The summed E-state index contributed by atoms with van der Waals surface area (Å²) in [6.07, 6.45) is 5.20. The molecule has 0 bridgehead atoms. The lowest BCUT2D eigenvalue weighted by atomic mass is 10.1. The average Bonchev–Trinajstić information content (AvgIpc) is 2.79. The minimum absolute atomic E-state index is 0.167. The molecule has 2 aromatic heterocycles. The quantitative estimate of drug-likeness (QED) is 0.853. The van der Waals surface area contributed by atoms with E-state index in [4.69, 9.17) is 23.2 Å². The number of halogens is 2. The summed E-state index contributed by atoms with van der Waals surface area (Å²) in [5, 5.41) is 5.00. The van der Waals surface area contributed by atoms with Gasteiger partial charge in [-0.15, -0.1) is 0 Å². The van der Waals surface area contributed by atoms with Gasteiger partial charge in [-0.3, -0.25) is 0 Å². The van der Waals surface area contributed by atoms with Crippen LogP contribution in [-0.2, 0) is 0 Å². The summed E-state index contributed by atoms with van der Waals surface area (Å²) >= 11 is 12.0. The molecule has 20 heavy (non-hydrogen) atoms. The number of piperidine rings is 1. The molecule has 0 saturated carbocycles. The van der Waals surface area contributed by atoms with E-state index in [0.717, 1.165) is 31.6 Å². The molecule has 0 aliphatic carbocycles. The lowest BCUT2D eigenvalue weighted by Gasteiger charge is -2.26. The van der Waals surface area contributed by atoms with Gasteiger partial charge < -0.3 is 4.90 Å². The molecule has 3 rings (SSSR count). The van der Waals surface area contributed by atoms with E-state index in [1.807, 2.05) is 6.92 Å². The lowest BCUT2D eigenvalue weighted by molar-refractivity contribution is 0.566. The van der Waals surface area contributed by atoms with Crippen LogP contribution < -0.4 is 4.90 Å². The molecule has 0 spiro atoms. The molecule has 8 heteroatoms. The Balaban J connectivity index is 1.97. The van der Waals surface area contributed by atoms with Crippen molar-refractivity contribution in [2.75, 3.05) is 18.0 Å². The van der Waals surface area contributed by atoms with Crippen LogP contribution in [0.2, 0.25) is 10.3 Å². The second kappa shape index (κ2) is 5.54. The Morgan fingerprint density at radius 1 is 1.00 bits per heavy atom. The molecule has 0 amide bonds. The Morgan fingerprint density at radius 3 is 2.35 bits per heavy atom. The standard InChI is InChI=1S/C12H14Cl2N6/c1-8-9(13)7-20(18-8)12-16-10(14)15-11(17-12)19-5-3-2-4-6-19/h7H,2-6H2,1H3. The van der Waals surface area contributed by atoms with Gasteiger partial charge in [0.25, 0.3) is 5.95 Å². The predicted octanol–water partition coefficient (Wildman–Crippen LogP) is 2.66. The lowest BCUT2D eigenvalue weighted by Crippen LogP contribution is -2.31. The van der Waals surface area contributed by atoms with E-state index in [2.05, 4.69) is 25.0 Å². The number of aromatic nitrogens is 5. The molecular weight excluding hydrogens is 299 g/mol. The van der Waals surface area contributed by atoms with Gasteiger partial charge in [0.15, 0.2) is 0 Å². The van der Waals surface area contributed by atoms with Crippen LogP contribution in [0.3, 0.4) is 0 Å². The van der Waals surface area contributed by atoms with Crippen molar-refractivity contribution in [3.63, 3.8) is 0 Å². The highest BCUT2D eigenvalue weighted by Crippen LogP contribution is 2.19. The maximum Gasteiger partial charge on any atom is 0.256 e. The SMILES string of the molecule is Cc1nn(-c2nc(Cl)nc(N3CCCCC3)n2)cc1Cl. The largest absolute Gasteiger partial charge is 0.341 e. The Hall–Kier alpha value is -1.40. The van der Waals surface area contributed by atoms with Crippen LogP contribution in [0.15, 0.2) is 6.20 Å². The fraction of sp³-hybridized carbons (Fsp3) is 0.500. The van der Waals surface area contributed by atoms with Crippen LogP contribution in [0.25, 0.3) is 5.95 Å². The minimum atomic E-state index is 0.167. The Labute approximate surface area is 126 Å². The second-order valence-corrected chi connectivity index (χ2v) is 5.50. The van der Waals surface area contributed by atoms with Gasteiger partial charge in [-0.1, -0.05) is 11.6 Å². The van der Waals surface area contributed by atoms with Crippen molar-refractivity contribution in [1.82, 2.24) is 24.7 Å². The number of aryl methyl sites for hydroxylation is 1. The molecule has 1 fully saturated rings. The number of rotatable bonds is 2. The third kappa shape index (κ3) is 2.71. The van der Waals surface area contributed by atoms with Crippen LogP contribution in [-0.4, -0.2) is 37.8 Å². The van der Waals surface area contributed by atoms with Crippen molar-refractivity contribution in [3.8, 4) is 5.95 Å². The Kier molecular flexibility index (Phi) is 3.76. The zero-order chi connectivity index (χ0) is 14.1. The predicted molar refractivity (Wildman–Crippen MR) is 77.8 cm³/mol. The Bertz CT molecular complexity index is 601. The average molecular weight is 313 g/mol. The van der Waals surface area contributed by atoms with E-state index in [1.165, 1.54) is 11.1 Å². The number of anilines is 1. The summed E-state index contributed by atoms with van der Waals surface area (Å²) in [7, 11) is 0. The van der Waals surface area contributed by atoms with Gasteiger partial charge in [0.2, 0.25) is 11.2 Å². The van der Waals surface area contributed by atoms with E-state index in [-0.39, 0.29) is 5.28 Å². The van der Waals surface area contributed by atoms with E-state index in [1.54, 1.807) is 6.20 Å². The van der Waals surface area contributed by atoms with Gasteiger partial charge in [0, 0.05) is 13.1 Å². The first-order valence-electron chi connectivity index (χ1n) is 6.52. The van der Waals surface area contributed by atoms with Crippen LogP contribution in [0.5, 0.6) is 0 Å². The first kappa shape index (κ1) is 13.6. The first-order valence-corrected chi connectivity index (χ1v) is 7.28. The van der Waals surface area contributed by atoms with Gasteiger partial charge >= 0.3 is 0 Å². The normalized spacial score (nSPS) is 15.7. The third-order valence-electron chi connectivity index (χ3n) is 3.27. The second-order valence-electron chi connectivity index (χ2n) is 4.76. The van der Waals surface area contributed by atoms with Gasteiger partial charge in [0.1, 0.15) is 0 Å². The fourth-order valence-electron chi connectivity index (χ4n) is 2.21. The van der Waals surface area contributed by atoms with Crippen LogP contribution in [0, 0.1) is 6.92 Å². The van der Waals surface area contributed by atoms with Gasteiger partial charge in [-0.2, -0.15) is 20.1 Å². The molecule has 0 atom stereocenters. The van der Waals surface area contributed by atoms with Gasteiger partial charge in [-0.05, 0) is 37.8 Å². The van der Waals surface area contributed by atoms with Crippen LogP contribution in [0.1, 0.15) is 25.0 Å². The monoisotopic (exact) mass is 312 g/mol. The smallest absolute Gasteiger partial charge is 0.256 e.